The van der Waals surface area contributed by atoms with Crippen LogP contribution in [0.5, 0.6) is 0 Å². The number of likely N-dealkylation sites (tertiary alicyclic amines) is 1. The molecule has 2 saturated heterocycles. The summed E-state index contributed by atoms with van der Waals surface area (Å²) in [6.07, 6.45) is 10.0. The summed E-state index contributed by atoms with van der Waals surface area (Å²) in [5.41, 5.74) is 7.00. The van der Waals surface area contributed by atoms with Crippen molar-refractivity contribution in [2.24, 2.45) is 17.6 Å². The van der Waals surface area contributed by atoms with Crippen LogP contribution in [0.2, 0.25) is 0 Å². The number of carbonyl (C=O) groups excluding carboxylic acids is 13. The third kappa shape index (κ3) is 39.0. The van der Waals surface area contributed by atoms with Gasteiger partial charge in [0.1, 0.15) is 72.7 Å². The second-order valence-corrected chi connectivity index (χ2v) is 35.5. The van der Waals surface area contributed by atoms with Gasteiger partial charge in [-0.15, -0.1) is 0 Å². The monoisotopic (exact) mass is 1790 g/mol. The third-order valence-electron chi connectivity index (χ3n) is 21.9. The van der Waals surface area contributed by atoms with Crippen LogP contribution in [-0.4, -0.2) is 258 Å². The number of nitrogens with two attached hydrogens (primary N) is 1. The molecule has 0 bridgehead atoms. The molecule has 0 aliphatic carbocycles. The molecule has 0 saturated carbocycles. The van der Waals surface area contributed by atoms with Crippen LogP contribution < -0.4 is 64.2 Å². The Labute approximate surface area is 738 Å². The van der Waals surface area contributed by atoms with Crippen molar-refractivity contribution < 1.29 is 112 Å². The van der Waals surface area contributed by atoms with E-state index >= 15 is 9.59 Å². The van der Waals surface area contributed by atoms with E-state index in [-0.39, 0.29) is 112 Å². The van der Waals surface area contributed by atoms with Gasteiger partial charge in [-0.1, -0.05) is 161 Å². The van der Waals surface area contributed by atoms with Crippen molar-refractivity contribution in [3.05, 3.63) is 47.5 Å². The number of aliphatic hydroxyl groups is 2. The highest BCUT2D eigenvalue weighted by atomic mass is 32.2. The van der Waals surface area contributed by atoms with E-state index in [0.29, 0.717) is 29.4 Å². The first-order valence-corrected chi connectivity index (χ1v) is 46.3. The van der Waals surface area contributed by atoms with Gasteiger partial charge in [-0.25, -0.2) is 4.79 Å². The lowest BCUT2D eigenvalue weighted by atomic mass is 10.0. The summed E-state index contributed by atoms with van der Waals surface area (Å²) in [6.45, 7) is 9.11. The Morgan fingerprint density at radius 2 is 1.09 bits per heavy atom. The molecular formula is C86H134N14O23S2. The minimum atomic E-state index is -2.02. The number of amides is 13. The summed E-state index contributed by atoms with van der Waals surface area (Å²) < 4.78 is 0. The van der Waals surface area contributed by atoms with Crippen LogP contribution in [0.1, 0.15) is 245 Å². The predicted molar refractivity (Wildman–Crippen MR) is 467 cm³/mol. The average Bonchev–Trinajstić information content (AvgIpc) is 1.80. The first-order valence-electron chi connectivity index (χ1n) is 44.0. The first-order chi connectivity index (χ1) is 59.5. The Bertz CT molecular complexity index is 3950. The van der Waals surface area contributed by atoms with Crippen LogP contribution in [0.3, 0.4) is 0 Å². The van der Waals surface area contributed by atoms with Crippen LogP contribution in [0.25, 0.3) is 10.8 Å². The fourth-order valence-corrected chi connectivity index (χ4v) is 17.3. The number of nitrogens with one attached hydrogen (secondary N) is 11. The standard InChI is InChI=1S/C86H134N14O23S2/c1-7-8-9-10-11-12-13-14-15-16-17-18-19-20-21-30-69(103)88-38-37-70(104)91-61(41-51(2)3)79(115)92-59(31-34-68(87)102)77(113)97-65-50-125-48-57-44-55-27-23-22-26-54(55)43-56(57)47-124-49-64(80(116)94-62(42-52(4)5)84(120)100-40-25-29-67(100)86(122)123)96-76(112)58(32-35-72(106)107)90-71(105)46-89-83(119)75(53(6)101)98-78(114)60(33-36-73(108)109)93-82(118)66-28-24-39-99(66)85(121)63(45-74(110)111)95-81(65)117/h22-23,26-27,43-44,51-53,58-68,75,101-102H,7-21,24-25,28-42,45-50,87H2,1-6H3,(H,88,103)(H,89,119)(H,90,105)(H,91,104)(H,92,115)(H,93,118)(H,94,116)(H,95,117)(H,96,112)(H,97,113)(H,98,114)(H,106,107)(H,108,109)(H,110,111)(H,122,123)/t53?,58-,59?,60-,61-,62+,63-,64-,65-,66-,67+,68?,75-/m0/s1. The van der Waals surface area contributed by atoms with E-state index in [0.717, 1.165) is 71.3 Å². The Morgan fingerprint density at radius 3 is 1.64 bits per heavy atom. The largest absolute Gasteiger partial charge is 0.481 e. The van der Waals surface area contributed by atoms with E-state index in [1.165, 1.54) is 64.2 Å². The molecule has 2 aromatic rings. The Kier molecular flexibility index (Phi) is 47.7. The molecule has 2 fully saturated rings. The molecule has 13 amide bonds. The van der Waals surface area contributed by atoms with E-state index in [1.54, 1.807) is 39.8 Å². The normalized spacial score (nSPS) is 21.2. The minimum absolute atomic E-state index is 0.00431. The molecule has 0 spiro atoms. The van der Waals surface area contributed by atoms with Gasteiger partial charge in [-0.3, -0.25) is 76.7 Å². The molecule has 2 aromatic carbocycles. The summed E-state index contributed by atoms with van der Waals surface area (Å²) in [5.74, 6) is -19.6. The van der Waals surface area contributed by atoms with Gasteiger partial charge >= 0.3 is 23.9 Å². The van der Waals surface area contributed by atoms with Gasteiger partial charge in [0.15, 0.2) is 0 Å². The highest BCUT2D eigenvalue weighted by molar-refractivity contribution is 7.99. The molecule has 39 heteroatoms. The molecule has 0 radical (unpaired) electrons. The topological polar surface area (TPSA) is 576 Å². The van der Waals surface area contributed by atoms with E-state index in [2.05, 4.69) is 65.4 Å². The SMILES string of the molecule is CCCCCCCCCCCCCCCCCC(=O)NCCC(=O)N[C@@H](CC(C)C)C(=O)NC(CCC(N)O)C(=O)N[C@H]1CSCc2cc3ccccc3cc2CSC[C@@H](C(=O)N[C@H](CC(C)C)C(=O)N2CCC[C@@H]2C(=O)O)NC(=O)[C@H](CCC(=O)O)NC(=O)CNC(=O)[C@H](C(C)O)NC(=O)[C@H](CCC(=O)O)NC(=O)[C@@H]2CCCN2C(=O)[C@H](CC(=O)O)NC1=O. The van der Waals surface area contributed by atoms with Crippen LogP contribution in [0, 0.1) is 11.8 Å². The summed E-state index contributed by atoms with van der Waals surface area (Å²) in [7, 11) is 0. The lowest BCUT2D eigenvalue weighted by Crippen LogP contribution is -2.61. The van der Waals surface area contributed by atoms with Gasteiger partial charge in [0.2, 0.25) is 76.8 Å². The van der Waals surface area contributed by atoms with Gasteiger partial charge in [-0.2, -0.15) is 23.5 Å². The maximum absolute atomic E-state index is 15.2. The zero-order chi connectivity index (χ0) is 92.2. The number of rotatable bonds is 44. The van der Waals surface area contributed by atoms with Crippen LogP contribution in [0.4, 0.5) is 0 Å². The Morgan fingerprint density at radius 1 is 0.544 bits per heavy atom. The lowest BCUT2D eigenvalue weighted by molar-refractivity contribution is -0.149. The van der Waals surface area contributed by atoms with Crippen molar-refractivity contribution in [2.45, 2.75) is 324 Å². The molecule has 5 rings (SSSR count). The fourth-order valence-electron chi connectivity index (χ4n) is 15.1. The van der Waals surface area contributed by atoms with Crippen LogP contribution in [-0.2, 0) is 93.0 Å². The van der Waals surface area contributed by atoms with E-state index in [1.807, 2.05) is 24.3 Å². The number of carbonyl (C=O) groups is 17. The Balaban J connectivity index is 1.52. The second-order valence-electron chi connectivity index (χ2n) is 33.4. The number of nitrogens with zero attached hydrogens (tertiary/aromatic N) is 2. The molecule has 19 N–H and O–H groups in total. The van der Waals surface area contributed by atoms with E-state index < -0.39 is 218 Å². The molecule has 37 nitrogen and oxygen atoms in total. The number of aliphatic hydroxyl groups excluding tert-OH is 2. The molecule has 125 heavy (non-hydrogen) atoms. The minimum Gasteiger partial charge on any atom is -0.481 e. The van der Waals surface area contributed by atoms with Crippen LogP contribution in [0.15, 0.2) is 36.4 Å². The first kappa shape index (κ1) is 106. The molecule has 698 valence electrons. The predicted octanol–water partition coefficient (Wildman–Crippen LogP) is 3.37. The van der Waals surface area contributed by atoms with Crippen LogP contribution >= 0.6 is 23.5 Å². The zero-order valence-corrected chi connectivity index (χ0v) is 74.5. The molecule has 3 unspecified atom stereocenters. The average molecular weight is 1800 g/mol. The van der Waals surface area contributed by atoms with Crippen molar-refractivity contribution in [3.8, 4) is 0 Å². The fraction of sp³-hybridized carbons (Fsp3) is 0.686. The number of fused-ring (bicyclic) bond motifs is 3. The van der Waals surface area contributed by atoms with Crippen molar-refractivity contribution in [2.75, 3.05) is 37.7 Å². The summed E-state index contributed by atoms with van der Waals surface area (Å²) >= 11 is 2.12. The van der Waals surface area contributed by atoms with E-state index in [9.17, 15) is 103 Å². The maximum atomic E-state index is 15.2. The lowest BCUT2D eigenvalue weighted by Gasteiger charge is -2.31. The van der Waals surface area contributed by atoms with Crippen molar-refractivity contribution in [1.82, 2.24) is 68.3 Å². The number of aliphatic carboxylic acids is 4. The highest BCUT2D eigenvalue weighted by Gasteiger charge is 2.43. The van der Waals surface area contributed by atoms with E-state index in [4.69, 9.17) is 5.73 Å². The number of thioether (sulfide) groups is 2. The maximum Gasteiger partial charge on any atom is 0.326 e. The molecule has 3 aliphatic heterocycles. The number of hydrogen-bond acceptors (Lipinski definition) is 22. The number of carboxylic acids is 4. The summed E-state index contributed by atoms with van der Waals surface area (Å²) in [5, 5.41) is 90.6. The zero-order valence-electron chi connectivity index (χ0n) is 72.9. The van der Waals surface area contributed by atoms with Gasteiger partial charge in [0, 0.05) is 68.3 Å². The van der Waals surface area contributed by atoms with Gasteiger partial charge in [-0.05, 0) is 111 Å². The number of benzene rings is 2. The number of unbranched alkanes of at least 4 members (excludes halogenated alkanes) is 14. The summed E-state index contributed by atoms with van der Waals surface area (Å²) in [4.78, 5) is 238. The second kappa shape index (κ2) is 56.4. The highest BCUT2D eigenvalue weighted by Crippen LogP contribution is 2.30. The third-order valence-corrected chi connectivity index (χ3v) is 24.0. The number of carboxylic acid groups (broad SMARTS) is 4. The summed E-state index contributed by atoms with van der Waals surface area (Å²) in [6, 6.07) is -7.18. The quantitative estimate of drug-likeness (QED) is 0.0334. The van der Waals surface area contributed by atoms with Crippen molar-refractivity contribution >= 4 is 135 Å². The smallest absolute Gasteiger partial charge is 0.326 e. The Hall–Kier alpha value is -9.73. The van der Waals surface area contributed by atoms with Gasteiger partial charge < -0.3 is 105 Å². The molecular weight excluding hydrogens is 1660 g/mol. The number of hydrogen-bond donors (Lipinski definition) is 18. The van der Waals surface area contributed by atoms with Crippen molar-refractivity contribution in [3.63, 3.8) is 0 Å². The van der Waals surface area contributed by atoms with Gasteiger partial charge in [0.25, 0.3) is 0 Å². The molecule has 3 aliphatic rings. The van der Waals surface area contributed by atoms with Gasteiger partial charge in [0.05, 0.1) is 19.1 Å². The molecule has 13 atom stereocenters. The molecule has 0 aromatic heterocycles. The molecule has 3 heterocycles. The van der Waals surface area contributed by atoms with Crippen molar-refractivity contribution in [1.29, 1.82) is 0 Å².